The zero-order chi connectivity index (χ0) is 22.1. The summed E-state index contributed by atoms with van der Waals surface area (Å²) in [7, 11) is 0. The second-order valence-corrected chi connectivity index (χ2v) is 9.63. The first kappa shape index (κ1) is 20.9. The number of carbonyl (C=O) groups excluding carboxylic acids is 2. The van der Waals surface area contributed by atoms with Gasteiger partial charge < -0.3 is 15.5 Å². The maximum absolute atomic E-state index is 12.8. The van der Waals surface area contributed by atoms with Crippen molar-refractivity contribution < 1.29 is 9.59 Å². The molecule has 1 unspecified atom stereocenters. The van der Waals surface area contributed by atoms with E-state index < -0.39 is 5.25 Å². The second-order valence-electron chi connectivity index (χ2n) is 7.95. The number of halogens is 1. The molecule has 1 atom stereocenters. The molecule has 0 aromatic heterocycles. The predicted octanol–water partition coefficient (Wildman–Crippen LogP) is 5.34. The minimum atomic E-state index is -0.485. The molecule has 0 bridgehead atoms. The van der Waals surface area contributed by atoms with E-state index in [9.17, 15) is 9.59 Å². The average Bonchev–Trinajstić information content (AvgIpc) is 3.19. The topological polar surface area (TPSA) is 61.4 Å². The van der Waals surface area contributed by atoms with Crippen molar-refractivity contribution in [1.29, 1.82) is 0 Å². The Bertz CT molecular complexity index is 1200. The number of fused-ring (bicyclic) bond motifs is 2. The Labute approximate surface area is 196 Å². The minimum absolute atomic E-state index is 0.0967. The summed E-state index contributed by atoms with van der Waals surface area (Å²) in [6, 6.07) is 21.7. The molecule has 162 valence electrons. The van der Waals surface area contributed by atoms with Gasteiger partial charge in [0.15, 0.2) is 0 Å². The van der Waals surface area contributed by atoms with Crippen LogP contribution in [0.2, 0.25) is 5.02 Å². The normalized spacial score (nSPS) is 16.8. The number of amides is 2. The van der Waals surface area contributed by atoms with E-state index in [1.165, 1.54) is 23.0 Å². The molecule has 5 rings (SSSR count). The van der Waals surface area contributed by atoms with Crippen LogP contribution < -0.4 is 15.5 Å². The van der Waals surface area contributed by atoms with E-state index in [4.69, 9.17) is 11.6 Å². The molecular weight excluding hydrogens is 442 g/mol. The first-order valence-electron chi connectivity index (χ1n) is 10.5. The van der Waals surface area contributed by atoms with Crippen LogP contribution in [0.1, 0.15) is 17.5 Å². The molecule has 32 heavy (non-hydrogen) atoms. The highest BCUT2D eigenvalue weighted by Crippen LogP contribution is 2.38. The third kappa shape index (κ3) is 4.33. The van der Waals surface area contributed by atoms with Gasteiger partial charge in [0.1, 0.15) is 0 Å². The number of benzene rings is 3. The summed E-state index contributed by atoms with van der Waals surface area (Å²) in [5.41, 5.74) is 5.15. The molecule has 5 nitrogen and oxygen atoms in total. The van der Waals surface area contributed by atoms with Crippen molar-refractivity contribution in [3.63, 3.8) is 0 Å². The van der Waals surface area contributed by atoms with Crippen molar-refractivity contribution >= 4 is 52.2 Å². The first-order chi connectivity index (χ1) is 15.6. The van der Waals surface area contributed by atoms with Crippen LogP contribution in [0.5, 0.6) is 0 Å². The molecule has 2 aliphatic heterocycles. The van der Waals surface area contributed by atoms with Crippen molar-refractivity contribution in [3.05, 3.63) is 82.9 Å². The number of hydrogen-bond acceptors (Lipinski definition) is 4. The summed E-state index contributed by atoms with van der Waals surface area (Å²) in [5.74, 6) is -0.355. The number of para-hydroxylation sites is 2. The van der Waals surface area contributed by atoms with Gasteiger partial charge in [-0.25, -0.2) is 0 Å². The van der Waals surface area contributed by atoms with Gasteiger partial charge in [-0.05, 0) is 47.9 Å². The lowest BCUT2D eigenvalue weighted by Gasteiger charge is -2.24. The summed E-state index contributed by atoms with van der Waals surface area (Å²) < 4.78 is 0. The van der Waals surface area contributed by atoms with Crippen molar-refractivity contribution in [1.82, 2.24) is 0 Å². The lowest BCUT2D eigenvalue weighted by atomic mass is 10.1. The van der Waals surface area contributed by atoms with Gasteiger partial charge in [0.25, 0.3) is 0 Å². The molecule has 3 aromatic carbocycles. The largest absolute Gasteiger partial charge is 0.367 e. The van der Waals surface area contributed by atoms with Crippen LogP contribution in [0.4, 0.5) is 17.1 Å². The van der Waals surface area contributed by atoms with E-state index in [2.05, 4.69) is 39.8 Å². The van der Waals surface area contributed by atoms with Crippen molar-refractivity contribution in [2.75, 3.05) is 22.1 Å². The van der Waals surface area contributed by atoms with E-state index in [0.717, 1.165) is 35.7 Å². The SMILES string of the molecule is O=C(CC1Sc2ccc(Cl)cc2NC1=O)Nc1ccccc1CN1CCc2ccccc21. The Hall–Kier alpha value is -2.96. The Balaban J connectivity index is 1.27. The first-order valence-corrected chi connectivity index (χ1v) is 11.8. The molecule has 0 saturated heterocycles. The summed E-state index contributed by atoms with van der Waals surface area (Å²) in [5, 5.41) is 5.97. The van der Waals surface area contributed by atoms with E-state index >= 15 is 0 Å². The van der Waals surface area contributed by atoms with E-state index in [1.807, 2.05) is 30.3 Å². The Morgan fingerprint density at radius 1 is 1.12 bits per heavy atom. The van der Waals surface area contributed by atoms with Gasteiger partial charge in [0, 0.05) is 40.8 Å². The van der Waals surface area contributed by atoms with Crippen LogP contribution in [0.15, 0.2) is 71.6 Å². The molecule has 0 aliphatic carbocycles. The molecule has 2 N–H and O–H groups in total. The quantitative estimate of drug-likeness (QED) is 0.535. The number of nitrogens with zero attached hydrogens (tertiary/aromatic N) is 1. The van der Waals surface area contributed by atoms with Crippen LogP contribution in [-0.4, -0.2) is 23.6 Å². The summed E-state index contributed by atoms with van der Waals surface area (Å²) in [6.07, 6.45) is 1.13. The third-order valence-corrected chi connectivity index (χ3v) is 7.28. The Morgan fingerprint density at radius 2 is 1.94 bits per heavy atom. The number of rotatable bonds is 5. The fourth-order valence-corrected chi connectivity index (χ4v) is 5.45. The van der Waals surface area contributed by atoms with Crippen LogP contribution in [0, 0.1) is 0 Å². The van der Waals surface area contributed by atoms with Crippen LogP contribution in [-0.2, 0) is 22.6 Å². The number of thioether (sulfide) groups is 1. The van der Waals surface area contributed by atoms with Gasteiger partial charge in [-0.2, -0.15) is 0 Å². The molecule has 0 fully saturated rings. The van der Waals surface area contributed by atoms with Crippen LogP contribution in [0.3, 0.4) is 0 Å². The Morgan fingerprint density at radius 3 is 2.84 bits per heavy atom. The zero-order valence-electron chi connectivity index (χ0n) is 17.3. The summed E-state index contributed by atoms with van der Waals surface area (Å²) in [6.45, 7) is 1.68. The van der Waals surface area contributed by atoms with Gasteiger partial charge in [-0.1, -0.05) is 48.0 Å². The second kappa shape index (κ2) is 8.88. The van der Waals surface area contributed by atoms with Crippen molar-refractivity contribution in [3.8, 4) is 0 Å². The molecule has 7 heteroatoms. The maximum atomic E-state index is 12.8. The lowest BCUT2D eigenvalue weighted by molar-refractivity contribution is -0.120. The Kier molecular flexibility index (Phi) is 5.81. The highest BCUT2D eigenvalue weighted by atomic mass is 35.5. The average molecular weight is 464 g/mol. The van der Waals surface area contributed by atoms with Gasteiger partial charge in [-0.3, -0.25) is 9.59 Å². The number of anilines is 3. The molecule has 2 amide bonds. The van der Waals surface area contributed by atoms with Gasteiger partial charge in [0.05, 0.1) is 10.9 Å². The maximum Gasteiger partial charge on any atom is 0.238 e. The molecule has 2 heterocycles. The third-order valence-electron chi connectivity index (χ3n) is 5.77. The number of hydrogen-bond donors (Lipinski definition) is 2. The van der Waals surface area contributed by atoms with Gasteiger partial charge >= 0.3 is 0 Å². The lowest BCUT2D eigenvalue weighted by Crippen LogP contribution is -2.32. The predicted molar refractivity (Wildman–Crippen MR) is 131 cm³/mol. The fraction of sp³-hybridized carbons (Fsp3) is 0.200. The van der Waals surface area contributed by atoms with E-state index in [-0.39, 0.29) is 18.2 Å². The van der Waals surface area contributed by atoms with Crippen LogP contribution >= 0.6 is 23.4 Å². The van der Waals surface area contributed by atoms with Crippen molar-refractivity contribution in [2.24, 2.45) is 0 Å². The van der Waals surface area contributed by atoms with Gasteiger partial charge in [-0.15, -0.1) is 11.8 Å². The zero-order valence-corrected chi connectivity index (χ0v) is 18.9. The molecular formula is C25H22ClN3O2S. The van der Waals surface area contributed by atoms with Gasteiger partial charge in [0.2, 0.25) is 11.8 Å². The molecule has 2 aliphatic rings. The van der Waals surface area contributed by atoms with Crippen LogP contribution in [0.25, 0.3) is 0 Å². The monoisotopic (exact) mass is 463 g/mol. The smallest absolute Gasteiger partial charge is 0.238 e. The van der Waals surface area contributed by atoms with Crippen molar-refractivity contribution in [2.45, 2.75) is 29.5 Å². The molecule has 0 saturated carbocycles. The standard InChI is InChI=1S/C25H22ClN3O2S/c26-18-9-10-22-20(13-18)28-25(31)23(32-22)14-24(30)27-19-7-3-1-6-17(19)15-29-12-11-16-5-2-4-8-21(16)29/h1-10,13,23H,11-12,14-15H2,(H,27,30)(H,28,31). The highest BCUT2D eigenvalue weighted by molar-refractivity contribution is 8.01. The number of nitrogens with one attached hydrogen (secondary N) is 2. The molecule has 0 radical (unpaired) electrons. The molecule has 3 aromatic rings. The summed E-state index contributed by atoms with van der Waals surface area (Å²) in [4.78, 5) is 28.6. The summed E-state index contributed by atoms with van der Waals surface area (Å²) >= 11 is 7.41. The fourth-order valence-electron chi connectivity index (χ4n) is 4.18. The minimum Gasteiger partial charge on any atom is -0.367 e. The number of carbonyl (C=O) groups is 2. The highest BCUT2D eigenvalue weighted by Gasteiger charge is 2.29. The van der Waals surface area contributed by atoms with E-state index in [0.29, 0.717) is 10.7 Å². The van der Waals surface area contributed by atoms with E-state index in [1.54, 1.807) is 12.1 Å². The molecule has 0 spiro atoms.